The molecule has 2 N–H and O–H groups in total. The molecule has 0 radical (unpaired) electrons. The minimum absolute atomic E-state index is 0.287. The molecule has 0 unspecified atom stereocenters. The van der Waals surface area contributed by atoms with Gasteiger partial charge in [0.1, 0.15) is 11.6 Å². The van der Waals surface area contributed by atoms with Crippen molar-refractivity contribution in [2.45, 2.75) is 6.04 Å². The first-order chi connectivity index (χ1) is 7.22. The van der Waals surface area contributed by atoms with E-state index in [1.165, 1.54) is 13.2 Å². The number of hydrogen-bond acceptors (Lipinski definition) is 2. The van der Waals surface area contributed by atoms with Crippen LogP contribution in [-0.2, 0) is 0 Å². The van der Waals surface area contributed by atoms with Gasteiger partial charge in [0.15, 0.2) is 0 Å². The second-order valence-corrected chi connectivity index (χ2v) is 3.26. The fourth-order valence-electron chi connectivity index (χ4n) is 1.66. The number of carbonyl (C=O) groups excluding carboxylic acids is 1. The van der Waals surface area contributed by atoms with E-state index in [1.54, 1.807) is 12.1 Å². The van der Waals surface area contributed by atoms with Gasteiger partial charge in [-0.3, -0.25) is 0 Å². The van der Waals surface area contributed by atoms with Gasteiger partial charge in [-0.1, -0.05) is 6.07 Å². The number of benzene rings is 1. The van der Waals surface area contributed by atoms with Gasteiger partial charge in [-0.05, 0) is 12.1 Å². The highest BCUT2D eigenvalue weighted by Gasteiger charge is 2.26. The van der Waals surface area contributed by atoms with Gasteiger partial charge in [-0.25, -0.2) is 9.18 Å². The van der Waals surface area contributed by atoms with Crippen molar-refractivity contribution in [2.75, 3.05) is 13.7 Å². The van der Waals surface area contributed by atoms with E-state index in [0.29, 0.717) is 17.9 Å². The summed E-state index contributed by atoms with van der Waals surface area (Å²) >= 11 is 0. The van der Waals surface area contributed by atoms with Crippen LogP contribution in [-0.4, -0.2) is 19.7 Å². The number of nitrogens with one attached hydrogen (secondary N) is 2. The molecular weight excluding hydrogens is 199 g/mol. The number of halogens is 1. The van der Waals surface area contributed by atoms with Crippen molar-refractivity contribution >= 4 is 6.03 Å². The summed E-state index contributed by atoms with van der Waals surface area (Å²) in [4.78, 5) is 11.0. The Balaban J connectivity index is 2.37. The Kier molecular flexibility index (Phi) is 2.45. The van der Waals surface area contributed by atoms with Gasteiger partial charge >= 0.3 is 6.03 Å². The van der Waals surface area contributed by atoms with Crippen LogP contribution in [0.1, 0.15) is 11.6 Å². The lowest BCUT2D eigenvalue weighted by Gasteiger charge is -2.14. The molecule has 5 heteroatoms. The lowest BCUT2D eigenvalue weighted by atomic mass is 10.1. The first-order valence-corrected chi connectivity index (χ1v) is 4.59. The zero-order valence-electron chi connectivity index (χ0n) is 8.21. The molecule has 1 atom stereocenters. The highest BCUT2D eigenvalue weighted by Crippen LogP contribution is 2.28. The minimum atomic E-state index is -0.372. The standard InChI is InChI=1S/C10H11FN2O2/c1-15-8-4-2-3-6(11)9(8)7-5-12-10(14)13-7/h2-4,7H,5H2,1H3,(H2,12,13,14)/t7-/m1/s1. The third kappa shape index (κ3) is 1.72. The topological polar surface area (TPSA) is 50.4 Å². The van der Waals surface area contributed by atoms with E-state index in [-0.39, 0.29) is 17.9 Å². The number of hydrogen-bond donors (Lipinski definition) is 2. The molecule has 1 saturated heterocycles. The van der Waals surface area contributed by atoms with Crippen molar-refractivity contribution < 1.29 is 13.9 Å². The number of carbonyl (C=O) groups is 1. The predicted octanol–water partition coefficient (Wildman–Crippen LogP) is 1.19. The van der Waals surface area contributed by atoms with E-state index >= 15 is 0 Å². The summed E-state index contributed by atoms with van der Waals surface area (Å²) in [5.41, 5.74) is 0.387. The van der Waals surface area contributed by atoms with Gasteiger partial charge in [0, 0.05) is 6.54 Å². The molecule has 0 saturated carbocycles. The fourth-order valence-corrected chi connectivity index (χ4v) is 1.66. The molecular formula is C10H11FN2O2. The molecule has 1 aromatic carbocycles. The summed E-state index contributed by atoms with van der Waals surface area (Å²) < 4.78 is 18.6. The van der Waals surface area contributed by atoms with Crippen LogP contribution in [0.25, 0.3) is 0 Å². The molecule has 0 bridgehead atoms. The normalized spacial score (nSPS) is 19.6. The average Bonchev–Trinajstić information content (AvgIpc) is 2.64. The predicted molar refractivity (Wildman–Crippen MR) is 52.2 cm³/mol. The van der Waals surface area contributed by atoms with Crippen LogP contribution < -0.4 is 15.4 Å². The smallest absolute Gasteiger partial charge is 0.315 e. The van der Waals surface area contributed by atoms with Crippen LogP contribution in [0.2, 0.25) is 0 Å². The number of ether oxygens (including phenoxy) is 1. The van der Waals surface area contributed by atoms with Crippen molar-refractivity contribution in [3.63, 3.8) is 0 Å². The Hall–Kier alpha value is -1.78. The Morgan fingerprint density at radius 3 is 2.93 bits per heavy atom. The van der Waals surface area contributed by atoms with E-state index in [2.05, 4.69) is 10.6 Å². The second-order valence-electron chi connectivity index (χ2n) is 3.26. The molecule has 4 nitrogen and oxygen atoms in total. The maximum Gasteiger partial charge on any atom is 0.315 e. The summed E-state index contributed by atoms with van der Waals surface area (Å²) in [6.07, 6.45) is 0. The van der Waals surface area contributed by atoms with Crippen LogP contribution in [0.15, 0.2) is 18.2 Å². The van der Waals surface area contributed by atoms with Crippen LogP contribution >= 0.6 is 0 Å². The third-order valence-electron chi connectivity index (χ3n) is 2.35. The number of methoxy groups -OCH3 is 1. The molecule has 1 aromatic rings. The quantitative estimate of drug-likeness (QED) is 0.770. The van der Waals surface area contributed by atoms with Crippen LogP contribution in [0.4, 0.5) is 9.18 Å². The van der Waals surface area contributed by atoms with Gasteiger partial charge < -0.3 is 15.4 Å². The fraction of sp³-hybridized carbons (Fsp3) is 0.300. The SMILES string of the molecule is COc1cccc(F)c1[C@H]1CNC(=O)N1. The maximum atomic E-state index is 13.6. The highest BCUT2D eigenvalue weighted by molar-refractivity contribution is 5.77. The van der Waals surface area contributed by atoms with Crippen LogP contribution in [0.3, 0.4) is 0 Å². The Labute approximate surface area is 86.4 Å². The van der Waals surface area contributed by atoms with Crippen molar-refractivity contribution in [3.8, 4) is 5.75 Å². The molecule has 2 rings (SSSR count). The van der Waals surface area contributed by atoms with E-state index in [9.17, 15) is 9.18 Å². The van der Waals surface area contributed by atoms with Crippen LogP contribution in [0, 0.1) is 5.82 Å². The number of urea groups is 1. The molecule has 2 amide bonds. The van der Waals surface area contributed by atoms with Crippen molar-refractivity contribution in [1.29, 1.82) is 0 Å². The van der Waals surface area contributed by atoms with Gasteiger partial charge in [-0.15, -0.1) is 0 Å². The summed E-state index contributed by atoms with van der Waals surface area (Å²) in [6.45, 7) is 0.371. The molecule has 1 fully saturated rings. The monoisotopic (exact) mass is 210 g/mol. The first kappa shape index (κ1) is 9.76. The molecule has 0 aliphatic carbocycles. The van der Waals surface area contributed by atoms with Crippen molar-refractivity contribution in [1.82, 2.24) is 10.6 Å². The molecule has 0 spiro atoms. The molecule has 1 aliphatic heterocycles. The molecule has 1 aliphatic rings. The van der Waals surface area contributed by atoms with Gasteiger partial charge in [0.2, 0.25) is 0 Å². The summed E-state index contributed by atoms with van der Waals surface area (Å²) in [7, 11) is 1.47. The van der Waals surface area contributed by atoms with E-state index in [4.69, 9.17) is 4.74 Å². The Morgan fingerprint density at radius 2 is 2.33 bits per heavy atom. The van der Waals surface area contributed by atoms with Gasteiger partial charge in [0.25, 0.3) is 0 Å². The van der Waals surface area contributed by atoms with Gasteiger partial charge in [-0.2, -0.15) is 0 Å². The summed E-state index contributed by atoms with van der Waals surface area (Å²) in [5.74, 6) is 0.0763. The number of amides is 2. The largest absolute Gasteiger partial charge is 0.496 e. The Bertz CT molecular complexity index is 395. The molecule has 80 valence electrons. The lowest BCUT2D eigenvalue weighted by Crippen LogP contribution is -2.22. The zero-order chi connectivity index (χ0) is 10.8. The molecule has 15 heavy (non-hydrogen) atoms. The second kappa shape index (κ2) is 3.76. The van der Waals surface area contributed by atoms with E-state index in [1.807, 2.05) is 0 Å². The number of rotatable bonds is 2. The van der Waals surface area contributed by atoms with Crippen molar-refractivity contribution in [2.24, 2.45) is 0 Å². The highest BCUT2D eigenvalue weighted by atomic mass is 19.1. The van der Waals surface area contributed by atoms with E-state index < -0.39 is 0 Å². The first-order valence-electron chi connectivity index (χ1n) is 4.59. The molecule has 0 aromatic heterocycles. The summed E-state index contributed by atoms with van der Waals surface area (Å²) in [6, 6.07) is 3.94. The third-order valence-corrected chi connectivity index (χ3v) is 2.35. The summed E-state index contributed by atoms with van der Waals surface area (Å²) in [5, 5.41) is 5.19. The maximum absolute atomic E-state index is 13.6. The lowest BCUT2D eigenvalue weighted by molar-refractivity contribution is 0.247. The van der Waals surface area contributed by atoms with Crippen molar-refractivity contribution in [3.05, 3.63) is 29.6 Å². The van der Waals surface area contributed by atoms with Gasteiger partial charge in [0.05, 0.1) is 18.7 Å². The minimum Gasteiger partial charge on any atom is -0.496 e. The zero-order valence-corrected chi connectivity index (χ0v) is 8.21. The Morgan fingerprint density at radius 1 is 1.53 bits per heavy atom. The van der Waals surface area contributed by atoms with E-state index in [0.717, 1.165) is 0 Å². The average molecular weight is 210 g/mol. The van der Waals surface area contributed by atoms with Crippen LogP contribution in [0.5, 0.6) is 5.75 Å². The molecule has 1 heterocycles.